The molecule has 0 atom stereocenters. The molecule has 0 radical (unpaired) electrons. The van der Waals surface area contributed by atoms with E-state index in [2.05, 4.69) is 206 Å². The van der Waals surface area contributed by atoms with Gasteiger partial charge >= 0.3 is 0 Å². The van der Waals surface area contributed by atoms with Crippen molar-refractivity contribution in [1.82, 2.24) is 15.0 Å². The lowest BCUT2D eigenvalue weighted by molar-refractivity contribution is 0.769. The summed E-state index contributed by atoms with van der Waals surface area (Å²) in [6.45, 7) is 0. The summed E-state index contributed by atoms with van der Waals surface area (Å²) in [5.41, 5.74) is 12.0. The van der Waals surface area contributed by atoms with Gasteiger partial charge in [-0.25, -0.2) is 15.0 Å². The molecule has 12 rings (SSSR count). The van der Waals surface area contributed by atoms with Gasteiger partial charge in [-0.05, 0) is 107 Å². The predicted molar refractivity (Wildman–Crippen MR) is 251 cm³/mol. The summed E-state index contributed by atoms with van der Waals surface area (Å²) in [5, 5.41) is 7.21. The van der Waals surface area contributed by atoms with Gasteiger partial charge < -0.3 is 0 Å². The van der Waals surface area contributed by atoms with Crippen LogP contribution in [0.4, 0.5) is 0 Å². The van der Waals surface area contributed by atoms with Crippen LogP contribution in [-0.4, -0.2) is 15.0 Å². The molecule has 1 heterocycles. The molecule has 3 heteroatoms. The summed E-state index contributed by atoms with van der Waals surface area (Å²) in [4.78, 5) is 15.7. The van der Waals surface area contributed by atoms with Gasteiger partial charge in [0.25, 0.3) is 0 Å². The third kappa shape index (κ3) is 5.70. The van der Waals surface area contributed by atoms with E-state index in [9.17, 15) is 0 Å². The van der Waals surface area contributed by atoms with Crippen LogP contribution in [0.15, 0.2) is 224 Å². The Labute approximate surface area is 354 Å². The lowest BCUT2D eigenvalue weighted by Crippen LogP contribution is -2.28. The van der Waals surface area contributed by atoms with Gasteiger partial charge in [-0.3, -0.25) is 0 Å². The average Bonchev–Trinajstić information content (AvgIpc) is 3.62. The zero-order valence-electron chi connectivity index (χ0n) is 33.2. The first-order valence-electron chi connectivity index (χ1n) is 20.8. The Balaban J connectivity index is 1.07. The maximum atomic E-state index is 5.32. The summed E-state index contributed by atoms with van der Waals surface area (Å²) in [6, 6.07) is 80.8. The van der Waals surface area contributed by atoms with Crippen molar-refractivity contribution in [2.75, 3.05) is 0 Å². The molecule has 1 aromatic heterocycles. The van der Waals surface area contributed by atoms with E-state index < -0.39 is 5.41 Å². The maximum Gasteiger partial charge on any atom is 0.164 e. The number of nitrogens with zero attached hydrogens (tertiary/aromatic N) is 3. The fourth-order valence-corrected chi connectivity index (χ4v) is 9.69. The molecule has 0 spiro atoms. The standard InChI is InChI=1S/C58H37N3/c1-4-16-40(17-5-1)55-59-56(44-30-28-38-27-29-43(33-46(38)34-44)50-26-14-20-39-15-12-13-25-49(39)50)61-57(60-55)45-31-32-51-52-35-41-18-10-11-19-42(41)36-54(52)58(53(51)37-45,47-21-6-2-7-22-47)48-23-8-3-9-24-48/h1-37H. The molecule has 0 N–H and O–H groups in total. The molecule has 0 aliphatic heterocycles. The first-order valence-corrected chi connectivity index (χ1v) is 20.8. The summed E-state index contributed by atoms with van der Waals surface area (Å²) < 4.78 is 0. The van der Waals surface area contributed by atoms with Gasteiger partial charge in [-0.1, -0.05) is 194 Å². The van der Waals surface area contributed by atoms with Crippen molar-refractivity contribution >= 4 is 32.3 Å². The van der Waals surface area contributed by atoms with Gasteiger partial charge in [0.1, 0.15) is 0 Å². The second-order valence-electron chi connectivity index (χ2n) is 16.0. The molecule has 1 aliphatic rings. The Morgan fingerprint density at radius 3 is 1.48 bits per heavy atom. The third-order valence-electron chi connectivity index (χ3n) is 12.5. The van der Waals surface area contributed by atoms with E-state index in [0.717, 1.165) is 27.5 Å². The second-order valence-corrected chi connectivity index (χ2v) is 16.0. The molecule has 0 saturated carbocycles. The number of rotatable bonds is 6. The molecule has 0 unspecified atom stereocenters. The van der Waals surface area contributed by atoms with Crippen LogP contribution in [0, 0.1) is 0 Å². The summed E-state index contributed by atoms with van der Waals surface area (Å²) in [5.74, 6) is 1.90. The van der Waals surface area contributed by atoms with E-state index >= 15 is 0 Å². The van der Waals surface area contributed by atoms with Gasteiger partial charge in [0, 0.05) is 16.7 Å². The van der Waals surface area contributed by atoms with Crippen molar-refractivity contribution in [3.05, 3.63) is 247 Å². The lowest BCUT2D eigenvalue weighted by Gasteiger charge is -2.34. The van der Waals surface area contributed by atoms with Gasteiger partial charge in [-0.15, -0.1) is 0 Å². The smallest absolute Gasteiger partial charge is 0.164 e. The highest BCUT2D eigenvalue weighted by molar-refractivity contribution is 6.00. The number of hydrogen-bond donors (Lipinski definition) is 0. The quantitative estimate of drug-likeness (QED) is 0.169. The Kier molecular flexibility index (Phi) is 8.07. The minimum atomic E-state index is -0.578. The monoisotopic (exact) mass is 775 g/mol. The summed E-state index contributed by atoms with van der Waals surface area (Å²) in [6.07, 6.45) is 0. The van der Waals surface area contributed by atoms with E-state index in [4.69, 9.17) is 15.0 Å². The Bertz CT molecular complexity index is 3420. The molecule has 10 aromatic carbocycles. The van der Waals surface area contributed by atoms with Crippen LogP contribution < -0.4 is 0 Å². The minimum absolute atomic E-state index is 0.578. The number of hydrogen-bond acceptors (Lipinski definition) is 3. The third-order valence-corrected chi connectivity index (χ3v) is 12.5. The van der Waals surface area contributed by atoms with Crippen LogP contribution in [0.5, 0.6) is 0 Å². The van der Waals surface area contributed by atoms with Crippen molar-refractivity contribution in [3.8, 4) is 56.4 Å². The summed E-state index contributed by atoms with van der Waals surface area (Å²) >= 11 is 0. The van der Waals surface area contributed by atoms with Crippen molar-refractivity contribution in [3.63, 3.8) is 0 Å². The maximum absolute atomic E-state index is 5.32. The average molecular weight is 776 g/mol. The Hall–Kier alpha value is -8.01. The zero-order valence-corrected chi connectivity index (χ0v) is 33.2. The van der Waals surface area contributed by atoms with E-state index in [1.165, 1.54) is 66.1 Å². The second kappa shape index (κ2) is 14.1. The number of aromatic nitrogens is 3. The van der Waals surface area contributed by atoms with Gasteiger partial charge in [-0.2, -0.15) is 0 Å². The molecular formula is C58H37N3. The summed E-state index contributed by atoms with van der Waals surface area (Å²) in [7, 11) is 0. The first-order chi connectivity index (χ1) is 30.2. The molecule has 284 valence electrons. The van der Waals surface area contributed by atoms with Crippen LogP contribution >= 0.6 is 0 Å². The topological polar surface area (TPSA) is 38.7 Å². The Morgan fingerprint density at radius 2 is 0.770 bits per heavy atom. The van der Waals surface area contributed by atoms with E-state index in [-0.39, 0.29) is 0 Å². The zero-order chi connectivity index (χ0) is 40.3. The predicted octanol–water partition coefficient (Wildman–Crippen LogP) is 14.4. The van der Waals surface area contributed by atoms with Crippen LogP contribution in [-0.2, 0) is 5.41 Å². The molecule has 0 saturated heterocycles. The normalized spacial score (nSPS) is 12.7. The highest BCUT2D eigenvalue weighted by Gasteiger charge is 2.46. The highest BCUT2D eigenvalue weighted by atomic mass is 15.0. The van der Waals surface area contributed by atoms with E-state index in [1.54, 1.807) is 0 Å². The van der Waals surface area contributed by atoms with Crippen molar-refractivity contribution in [1.29, 1.82) is 0 Å². The molecule has 0 amide bonds. The fourth-order valence-electron chi connectivity index (χ4n) is 9.69. The van der Waals surface area contributed by atoms with Crippen LogP contribution in [0.2, 0.25) is 0 Å². The SMILES string of the molecule is c1ccc(-c2nc(-c3ccc4c(c3)C(c3ccccc3)(c3ccccc3)c3cc5ccccc5cc3-4)nc(-c3ccc4ccc(-c5cccc6ccccc56)cc4c3)n2)cc1. The molecule has 3 nitrogen and oxygen atoms in total. The van der Waals surface area contributed by atoms with Crippen molar-refractivity contribution in [2.45, 2.75) is 5.41 Å². The first kappa shape index (κ1) is 35.0. The van der Waals surface area contributed by atoms with Crippen LogP contribution in [0.25, 0.3) is 88.7 Å². The van der Waals surface area contributed by atoms with Gasteiger partial charge in [0.2, 0.25) is 0 Å². The van der Waals surface area contributed by atoms with Crippen LogP contribution in [0.1, 0.15) is 22.3 Å². The highest BCUT2D eigenvalue weighted by Crippen LogP contribution is 2.57. The minimum Gasteiger partial charge on any atom is -0.208 e. The largest absolute Gasteiger partial charge is 0.208 e. The molecule has 11 aromatic rings. The molecule has 0 bridgehead atoms. The van der Waals surface area contributed by atoms with Gasteiger partial charge in [0.15, 0.2) is 17.5 Å². The van der Waals surface area contributed by atoms with Crippen LogP contribution in [0.3, 0.4) is 0 Å². The molecule has 1 aliphatic carbocycles. The molecule has 0 fully saturated rings. The van der Waals surface area contributed by atoms with Crippen molar-refractivity contribution in [2.24, 2.45) is 0 Å². The fraction of sp³-hybridized carbons (Fsp3) is 0.0172. The number of fused-ring (bicyclic) bond motifs is 6. The van der Waals surface area contributed by atoms with E-state index in [0.29, 0.717) is 17.5 Å². The lowest BCUT2D eigenvalue weighted by atomic mass is 9.67. The number of benzene rings is 10. The molecule has 61 heavy (non-hydrogen) atoms. The molecular weight excluding hydrogens is 739 g/mol. The Morgan fingerprint density at radius 1 is 0.262 bits per heavy atom. The van der Waals surface area contributed by atoms with Crippen molar-refractivity contribution < 1.29 is 0 Å². The van der Waals surface area contributed by atoms with E-state index in [1.807, 2.05) is 18.2 Å². The van der Waals surface area contributed by atoms with Gasteiger partial charge in [0.05, 0.1) is 5.41 Å².